The summed E-state index contributed by atoms with van der Waals surface area (Å²) in [6.07, 6.45) is 2.47. The summed E-state index contributed by atoms with van der Waals surface area (Å²) in [6, 6.07) is 22.3. The number of hydrogen-bond acceptors (Lipinski definition) is 3. The average molecular weight is 400 g/mol. The van der Waals surface area contributed by atoms with E-state index in [2.05, 4.69) is 5.16 Å². The van der Waals surface area contributed by atoms with Gasteiger partial charge in [-0.1, -0.05) is 47.6 Å². The minimum absolute atomic E-state index is 0.285. The molecular weight excluding hydrogens is 379 g/mol. The zero-order valence-corrected chi connectivity index (χ0v) is 16.8. The molecule has 0 fully saturated rings. The maximum atomic E-state index is 13.4. The van der Waals surface area contributed by atoms with Crippen molar-refractivity contribution in [3.8, 4) is 5.69 Å². The third kappa shape index (κ3) is 4.01. The molecule has 0 aliphatic rings. The van der Waals surface area contributed by atoms with E-state index in [1.54, 1.807) is 12.1 Å². The van der Waals surface area contributed by atoms with Gasteiger partial charge in [-0.2, -0.15) is 0 Å². The first-order chi connectivity index (χ1) is 14.5. The summed E-state index contributed by atoms with van der Waals surface area (Å²) in [5.41, 5.74) is 5.54. The van der Waals surface area contributed by atoms with Crippen molar-refractivity contribution < 1.29 is 14.0 Å². The Morgan fingerprint density at radius 2 is 1.70 bits per heavy atom. The molecule has 30 heavy (non-hydrogen) atoms. The van der Waals surface area contributed by atoms with Crippen LogP contribution >= 0.6 is 0 Å². The van der Waals surface area contributed by atoms with Crippen LogP contribution in [0.15, 0.2) is 84.1 Å². The van der Waals surface area contributed by atoms with Crippen molar-refractivity contribution >= 4 is 22.6 Å². The quantitative estimate of drug-likeness (QED) is 0.249. The summed E-state index contributed by atoms with van der Waals surface area (Å²) in [4.78, 5) is 16.5. The number of fused-ring (bicyclic) bond motifs is 1. The summed E-state index contributed by atoms with van der Waals surface area (Å²) in [5, 5.41) is 5.17. The van der Waals surface area contributed by atoms with E-state index in [9.17, 15) is 9.18 Å². The van der Waals surface area contributed by atoms with Gasteiger partial charge < -0.3 is 9.40 Å². The van der Waals surface area contributed by atoms with E-state index in [1.807, 2.05) is 66.2 Å². The topological polar surface area (TPSA) is 43.6 Å². The van der Waals surface area contributed by atoms with Gasteiger partial charge in [0.2, 0.25) is 0 Å². The Morgan fingerprint density at radius 3 is 2.43 bits per heavy atom. The Morgan fingerprint density at radius 1 is 1.00 bits per heavy atom. The van der Waals surface area contributed by atoms with Gasteiger partial charge in [-0.15, -0.1) is 0 Å². The van der Waals surface area contributed by atoms with E-state index in [0.717, 1.165) is 33.3 Å². The van der Waals surface area contributed by atoms with Crippen molar-refractivity contribution in [2.24, 2.45) is 5.16 Å². The van der Waals surface area contributed by atoms with Gasteiger partial charge in [0.15, 0.2) is 0 Å². The number of para-hydroxylation sites is 1. The molecule has 1 heterocycles. The third-order valence-corrected chi connectivity index (χ3v) is 5.03. The molecule has 4 nitrogen and oxygen atoms in total. The van der Waals surface area contributed by atoms with Crippen LogP contribution in [0, 0.1) is 12.7 Å². The van der Waals surface area contributed by atoms with E-state index in [1.165, 1.54) is 19.1 Å². The number of halogens is 1. The lowest BCUT2D eigenvalue weighted by molar-refractivity contribution is -0.140. The molecule has 0 atom stereocenters. The van der Waals surface area contributed by atoms with Crippen LogP contribution in [0.4, 0.5) is 4.39 Å². The largest absolute Gasteiger partial charge is 0.331 e. The van der Waals surface area contributed by atoms with Gasteiger partial charge in [-0.25, -0.2) is 9.18 Å². The van der Waals surface area contributed by atoms with Crippen LogP contribution in [0.25, 0.3) is 16.6 Å². The summed E-state index contributed by atoms with van der Waals surface area (Å²) in [6.45, 7) is 3.37. The van der Waals surface area contributed by atoms with E-state index in [0.29, 0.717) is 12.1 Å². The second kappa shape index (κ2) is 8.33. The normalized spacial score (nSPS) is 11.6. The lowest BCUT2D eigenvalue weighted by Crippen LogP contribution is -2.08. The summed E-state index contributed by atoms with van der Waals surface area (Å²) in [5.74, 6) is -0.758. The van der Waals surface area contributed by atoms with E-state index >= 15 is 0 Å². The van der Waals surface area contributed by atoms with Crippen LogP contribution in [0.2, 0.25) is 0 Å². The first kappa shape index (κ1) is 19.6. The van der Waals surface area contributed by atoms with Crippen molar-refractivity contribution in [2.45, 2.75) is 20.3 Å². The maximum absolute atomic E-state index is 13.4. The van der Waals surface area contributed by atoms with Gasteiger partial charge in [-0.05, 0) is 48.4 Å². The number of aryl methyl sites for hydroxylation is 1. The van der Waals surface area contributed by atoms with Crippen molar-refractivity contribution in [1.82, 2.24) is 4.57 Å². The van der Waals surface area contributed by atoms with Crippen LogP contribution < -0.4 is 0 Å². The molecule has 4 aromatic rings. The van der Waals surface area contributed by atoms with E-state index in [-0.39, 0.29) is 5.82 Å². The predicted octanol–water partition coefficient (Wildman–Crippen LogP) is 5.59. The molecule has 0 bridgehead atoms. The summed E-state index contributed by atoms with van der Waals surface area (Å²) >= 11 is 0. The van der Waals surface area contributed by atoms with E-state index < -0.39 is 5.97 Å². The highest BCUT2D eigenvalue weighted by Gasteiger charge is 2.17. The number of aromatic nitrogens is 1. The number of benzene rings is 3. The lowest BCUT2D eigenvalue weighted by Gasteiger charge is -2.08. The SMILES string of the molecule is CC(=O)O/N=C(\Cc1ccccc1C)c1cn(-c2ccc(F)cc2)c2ccccc12. The molecule has 150 valence electrons. The average Bonchev–Trinajstić information content (AvgIpc) is 3.12. The standard InChI is InChI=1S/C25H21FN2O2/c1-17-7-3-4-8-19(17)15-24(27-30-18(2)29)23-16-28(21-13-11-20(26)12-14-21)25-10-6-5-9-22(23)25/h3-14,16H,15H2,1-2H3/b27-24+. The van der Waals surface area contributed by atoms with Crippen molar-refractivity contribution in [2.75, 3.05) is 0 Å². The predicted molar refractivity (Wildman–Crippen MR) is 116 cm³/mol. The zero-order valence-electron chi connectivity index (χ0n) is 16.8. The number of hydrogen-bond donors (Lipinski definition) is 0. The highest BCUT2D eigenvalue weighted by atomic mass is 19.1. The Bertz CT molecular complexity index is 1240. The molecular formula is C25H21FN2O2. The highest BCUT2D eigenvalue weighted by Crippen LogP contribution is 2.27. The van der Waals surface area contributed by atoms with Gasteiger partial charge in [0.1, 0.15) is 5.82 Å². The molecule has 1 aromatic heterocycles. The number of oxime groups is 1. The van der Waals surface area contributed by atoms with Gasteiger partial charge in [0.25, 0.3) is 0 Å². The number of carbonyl (C=O) groups is 1. The molecule has 0 aliphatic heterocycles. The smallest absolute Gasteiger partial charge is 0.318 e. The first-order valence-electron chi connectivity index (χ1n) is 9.68. The third-order valence-electron chi connectivity index (χ3n) is 5.03. The maximum Gasteiger partial charge on any atom is 0.331 e. The second-order valence-electron chi connectivity index (χ2n) is 7.13. The van der Waals surface area contributed by atoms with Crippen LogP contribution in [0.5, 0.6) is 0 Å². The van der Waals surface area contributed by atoms with Crippen molar-refractivity contribution in [1.29, 1.82) is 0 Å². The van der Waals surface area contributed by atoms with Gasteiger partial charge in [0, 0.05) is 36.2 Å². The fourth-order valence-electron chi connectivity index (χ4n) is 3.51. The fourth-order valence-corrected chi connectivity index (χ4v) is 3.51. The van der Waals surface area contributed by atoms with E-state index in [4.69, 9.17) is 4.84 Å². The molecule has 0 radical (unpaired) electrons. The fraction of sp³-hybridized carbons (Fsp3) is 0.120. The molecule has 0 saturated heterocycles. The molecule has 3 aromatic carbocycles. The molecule has 0 aliphatic carbocycles. The molecule has 4 rings (SSSR count). The van der Waals surface area contributed by atoms with Gasteiger partial charge in [0.05, 0.1) is 11.2 Å². The molecule has 0 spiro atoms. The van der Waals surface area contributed by atoms with Gasteiger partial charge in [-0.3, -0.25) is 0 Å². The molecule has 0 unspecified atom stereocenters. The summed E-state index contributed by atoms with van der Waals surface area (Å²) in [7, 11) is 0. The number of carbonyl (C=O) groups excluding carboxylic acids is 1. The number of nitrogens with zero attached hydrogens (tertiary/aromatic N) is 2. The van der Waals surface area contributed by atoms with Gasteiger partial charge >= 0.3 is 5.97 Å². The van der Waals surface area contributed by atoms with Crippen LogP contribution in [-0.4, -0.2) is 16.2 Å². The minimum Gasteiger partial charge on any atom is -0.318 e. The zero-order chi connectivity index (χ0) is 21.1. The molecule has 0 saturated carbocycles. The first-order valence-corrected chi connectivity index (χ1v) is 9.68. The van der Waals surface area contributed by atoms with Crippen LogP contribution in [0.1, 0.15) is 23.6 Å². The Labute approximate surface area is 174 Å². The molecule has 0 amide bonds. The van der Waals surface area contributed by atoms with Crippen LogP contribution in [0.3, 0.4) is 0 Å². The van der Waals surface area contributed by atoms with Crippen LogP contribution in [-0.2, 0) is 16.1 Å². The Kier molecular flexibility index (Phi) is 5.44. The minimum atomic E-state index is -0.473. The monoisotopic (exact) mass is 400 g/mol. The molecule has 0 N–H and O–H groups in total. The van der Waals surface area contributed by atoms with Crippen molar-refractivity contribution in [3.63, 3.8) is 0 Å². The highest BCUT2D eigenvalue weighted by molar-refractivity contribution is 6.12. The Balaban J connectivity index is 1.87. The summed E-state index contributed by atoms with van der Waals surface area (Å²) < 4.78 is 15.4. The van der Waals surface area contributed by atoms with Crippen molar-refractivity contribution in [3.05, 3.63) is 102 Å². The number of rotatable bonds is 5. The second-order valence-corrected chi connectivity index (χ2v) is 7.13. The molecule has 5 heteroatoms. The Hall–Kier alpha value is -3.73. The lowest BCUT2D eigenvalue weighted by atomic mass is 9.98.